The van der Waals surface area contributed by atoms with E-state index in [4.69, 9.17) is 0 Å². The molecule has 0 aliphatic carbocycles. The Bertz CT molecular complexity index is 386. The molecule has 3 N–H and O–H groups in total. The third-order valence-electron chi connectivity index (χ3n) is 3.71. The summed E-state index contributed by atoms with van der Waals surface area (Å²) in [6, 6.07) is 5.70. The summed E-state index contributed by atoms with van der Waals surface area (Å²) in [7, 11) is 0. The van der Waals surface area contributed by atoms with Gasteiger partial charge < -0.3 is 15.5 Å². The average molecular weight is 251 g/mol. The number of benzene rings is 1. The van der Waals surface area contributed by atoms with Crippen molar-refractivity contribution in [1.29, 1.82) is 0 Å². The molecule has 0 saturated heterocycles. The number of rotatable bonds is 6. The maximum Gasteiger partial charge on any atom is 0.120 e. The summed E-state index contributed by atoms with van der Waals surface area (Å²) in [5.41, 5.74) is 1.26. The second-order valence-corrected chi connectivity index (χ2v) is 5.10. The van der Waals surface area contributed by atoms with Crippen molar-refractivity contribution < 1.29 is 10.2 Å². The number of aliphatic hydroxyl groups is 1. The summed E-state index contributed by atoms with van der Waals surface area (Å²) >= 11 is 0. The fourth-order valence-corrected chi connectivity index (χ4v) is 1.97. The quantitative estimate of drug-likeness (QED) is 0.728. The van der Waals surface area contributed by atoms with Crippen LogP contribution in [-0.2, 0) is 0 Å². The van der Waals surface area contributed by atoms with Gasteiger partial charge in [-0.25, -0.2) is 0 Å². The zero-order valence-corrected chi connectivity index (χ0v) is 11.8. The Hall–Kier alpha value is -1.06. The molecule has 1 aromatic carbocycles. The summed E-state index contributed by atoms with van der Waals surface area (Å²) in [6.07, 6.45) is 1.45. The summed E-state index contributed by atoms with van der Waals surface area (Å²) < 4.78 is 0. The van der Waals surface area contributed by atoms with Crippen LogP contribution < -0.4 is 5.32 Å². The first-order valence-electron chi connectivity index (χ1n) is 6.67. The molecule has 0 aliphatic rings. The van der Waals surface area contributed by atoms with E-state index in [1.54, 1.807) is 6.07 Å². The van der Waals surface area contributed by atoms with Crippen LogP contribution in [0.15, 0.2) is 18.2 Å². The molecule has 3 nitrogen and oxygen atoms in total. The summed E-state index contributed by atoms with van der Waals surface area (Å²) in [5.74, 6) is 0.312. The molecule has 3 heteroatoms. The zero-order chi connectivity index (χ0) is 13.8. The predicted octanol–water partition coefficient (Wildman–Crippen LogP) is 2.90. The SMILES string of the molecule is CCC(O)(CC)CNC(C)c1ccc(C)cc1O. The van der Waals surface area contributed by atoms with Crippen LogP contribution in [-0.4, -0.2) is 22.4 Å². The molecule has 0 heterocycles. The average Bonchev–Trinajstić information content (AvgIpc) is 2.35. The Morgan fingerprint density at radius 3 is 2.39 bits per heavy atom. The second kappa shape index (κ2) is 6.21. The van der Waals surface area contributed by atoms with Crippen LogP contribution in [0.4, 0.5) is 0 Å². The van der Waals surface area contributed by atoms with Crippen molar-refractivity contribution in [3.05, 3.63) is 29.3 Å². The highest BCUT2D eigenvalue weighted by Crippen LogP contribution is 2.25. The van der Waals surface area contributed by atoms with E-state index in [1.165, 1.54) is 0 Å². The molecule has 1 unspecified atom stereocenters. The number of nitrogens with one attached hydrogen (secondary N) is 1. The molecule has 0 saturated carbocycles. The molecule has 1 aromatic rings. The molecular formula is C15H25NO2. The van der Waals surface area contributed by atoms with Crippen LogP contribution in [0.2, 0.25) is 0 Å². The van der Waals surface area contributed by atoms with E-state index >= 15 is 0 Å². The molecule has 0 spiro atoms. The first-order chi connectivity index (χ1) is 8.41. The van der Waals surface area contributed by atoms with Gasteiger partial charge in [0, 0.05) is 18.2 Å². The smallest absolute Gasteiger partial charge is 0.120 e. The number of phenolic OH excluding ortho intramolecular Hbond substituents is 1. The van der Waals surface area contributed by atoms with Gasteiger partial charge >= 0.3 is 0 Å². The van der Waals surface area contributed by atoms with E-state index in [2.05, 4.69) is 5.32 Å². The van der Waals surface area contributed by atoms with Crippen molar-refractivity contribution in [2.75, 3.05) is 6.54 Å². The van der Waals surface area contributed by atoms with Crippen molar-refractivity contribution in [2.24, 2.45) is 0 Å². The lowest BCUT2D eigenvalue weighted by Gasteiger charge is -2.28. The fourth-order valence-electron chi connectivity index (χ4n) is 1.97. The van der Waals surface area contributed by atoms with E-state index in [1.807, 2.05) is 39.8 Å². The Morgan fingerprint density at radius 1 is 1.28 bits per heavy atom. The van der Waals surface area contributed by atoms with Gasteiger partial charge in [0.15, 0.2) is 0 Å². The van der Waals surface area contributed by atoms with E-state index in [0.29, 0.717) is 12.3 Å². The number of aromatic hydroxyl groups is 1. The Morgan fingerprint density at radius 2 is 1.89 bits per heavy atom. The Labute approximate surface area is 110 Å². The van der Waals surface area contributed by atoms with E-state index < -0.39 is 5.60 Å². The maximum atomic E-state index is 10.2. The highest BCUT2D eigenvalue weighted by Gasteiger charge is 2.23. The lowest BCUT2D eigenvalue weighted by molar-refractivity contribution is 0.0302. The summed E-state index contributed by atoms with van der Waals surface area (Å²) in [4.78, 5) is 0. The molecule has 0 radical (unpaired) electrons. The van der Waals surface area contributed by atoms with Gasteiger partial charge in [-0.3, -0.25) is 0 Å². The van der Waals surface area contributed by atoms with Crippen LogP contribution in [0, 0.1) is 6.92 Å². The van der Waals surface area contributed by atoms with Crippen LogP contribution in [0.1, 0.15) is 50.8 Å². The minimum absolute atomic E-state index is 0.0234. The summed E-state index contributed by atoms with van der Waals surface area (Å²) in [5, 5.41) is 23.4. The van der Waals surface area contributed by atoms with E-state index in [9.17, 15) is 10.2 Å². The number of hydrogen-bond donors (Lipinski definition) is 3. The van der Waals surface area contributed by atoms with Crippen molar-refractivity contribution in [2.45, 2.75) is 52.2 Å². The van der Waals surface area contributed by atoms with Gasteiger partial charge in [-0.15, -0.1) is 0 Å². The van der Waals surface area contributed by atoms with Gasteiger partial charge in [-0.1, -0.05) is 26.0 Å². The van der Waals surface area contributed by atoms with Gasteiger partial charge in [0.25, 0.3) is 0 Å². The van der Waals surface area contributed by atoms with Crippen molar-refractivity contribution in [3.8, 4) is 5.75 Å². The molecule has 0 aliphatic heterocycles. The molecule has 18 heavy (non-hydrogen) atoms. The van der Waals surface area contributed by atoms with Crippen LogP contribution in [0.5, 0.6) is 5.75 Å². The number of phenols is 1. The lowest BCUT2D eigenvalue weighted by atomic mass is 9.96. The van der Waals surface area contributed by atoms with Gasteiger partial charge in [0.05, 0.1) is 5.60 Å². The van der Waals surface area contributed by atoms with Crippen LogP contribution in [0.3, 0.4) is 0 Å². The lowest BCUT2D eigenvalue weighted by Crippen LogP contribution is -2.40. The topological polar surface area (TPSA) is 52.5 Å². The van der Waals surface area contributed by atoms with Gasteiger partial charge in [-0.05, 0) is 38.3 Å². The molecule has 0 fully saturated rings. The highest BCUT2D eigenvalue weighted by molar-refractivity contribution is 5.37. The minimum Gasteiger partial charge on any atom is -0.508 e. The van der Waals surface area contributed by atoms with Crippen molar-refractivity contribution in [1.82, 2.24) is 5.32 Å². The van der Waals surface area contributed by atoms with Gasteiger partial charge in [0.1, 0.15) is 5.75 Å². The number of aryl methyl sites for hydroxylation is 1. The molecule has 0 bridgehead atoms. The molecule has 0 amide bonds. The summed E-state index contributed by atoms with van der Waals surface area (Å²) in [6.45, 7) is 8.46. The largest absolute Gasteiger partial charge is 0.508 e. The molecule has 102 valence electrons. The standard InChI is InChI=1S/C15H25NO2/c1-5-15(18,6-2)10-16-12(4)13-8-7-11(3)9-14(13)17/h7-9,12,16-18H,5-6,10H2,1-4H3. The van der Waals surface area contributed by atoms with Crippen molar-refractivity contribution >= 4 is 0 Å². The number of hydrogen-bond acceptors (Lipinski definition) is 3. The normalized spacial score (nSPS) is 13.6. The van der Waals surface area contributed by atoms with Gasteiger partial charge in [0.2, 0.25) is 0 Å². The predicted molar refractivity (Wildman–Crippen MR) is 74.8 cm³/mol. The van der Waals surface area contributed by atoms with Gasteiger partial charge in [-0.2, -0.15) is 0 Å². The maximum absolute atomic E-state index is 10.2. The monoisotopic (exact) mass is 251 g/mol. The Balaban J connectivity index is 2.68. The molecular weight excluding hydrogens is 226 g/mol. The third-order valence-corrected chi connectivity index (χ3v) is 3.71. The Kier molecular flexibility index (Phi) is 5.17. The van der Waals surface area contributed by atoms with Crippen LogP contribution >= 0.6 is 0 Å². The van der Waals surface area contributed by atoms with E-state index in [0.717, 1.165) is 24.0 Å². The van der Waals surface area contributed by atoms with Crippen LogP contribution in [0.25, 0.3) is 0 Å². The fraction of sp³-hybridized carbons (Fsp3) is 0.600. The second-order valence-electron chi connectivity index (χ2n) is 5.10. The zero-order valence-electron chi connectivity index (χ0n) is 11.8. The third kappa shape index (κ3) is 3.72. The first-order valence-corrected chi connectivity index (χ1v) is 6.67. The molecule has 1 rings (SSSR count). The molecule has 1 atom stereocenters. The first kappa shape index (κ1) is 15.0. The molecule has 0 aromatic heterocycles. The van der Waals surface area contributed by atoms with Crippen molar-refractivity contribution in [3.63, 3.8) is 0 Å². The minimum atomic E-state index is -0.658. The van der Waals surface area contributed by atoms with E-state index in [-0.39, 0.29) is 6.04 Å². The highest BCUT2D eigenvalue weighted by atomic mass is 16.3.